The summed E-state index contributed by atoms with van der Waals surface area (Å²) in [6.07, 6.45) is 6.40. The number of hydrogen-bond donors (Lipinski definition) is 1. The Bertz CT molecular complexity index is 1150. The van der Waals surface area contributed by atoms with Gasteiger partial charge in [-0.3, -0.25) is 14.8 Å². The number of pyridine rings is 3. The van der Waals surface area contributed by atoms with Crippen LogP contribution in [0.1, 0.15) is 31.3 Å². The summed E-state index contributed by atoms with van der Waals surface area (Å²) in [5.41, 5.74) is 2.71. The second-order valence-corrected chi connectivity index (χ2v) is 8.95. The smallest absolute Gasteiger partial charge is 0.410 e. The van der Waals surface area contributed by atoms with E-state index in [1.54, 1.807) is 41.8 Å². The largest absolute Gasteiger partial charge is 0.444 e. The zero-order valence-corrected chi connectivity index (χ0v) is 19.6. The summed E-state index contributed by atoms with van der Waals surface area (Å²) < 4.78 is 5.48. The molecule has 0 aliphatic carbocycles. The second kappa shape index (κ2) is 9.86. The topological polar surface area (TPSA) is 101 Å². The number of hydrogen-bond acceptors (Lipinski definition) is 7. The van der Waals surface area contributed by atoms with Gasteiger partial charge in [-0.15, -0.1) is 0 Å². The van der Waals surface area contributed by atoms with Crippen LogP contribution in [0, 0.1) is 0 Å². The molecule has 0 unspecified atom stereocenters. The lowest BCUT2D eigenvalue weighted by Gasteiger charge is -2.37. The fourth-order valence-corrected chi connectivity index (χ4v) is 3.64. The lowest BCUT2D eigenvalue weighted by Crippen LogP contribution is -2.50. The molecule has 2 amide bonds. The molecule has 1 saturated heterocycles. The standard InChI is InChI=1S/C25H28N6O3/c1-25(2,3)34-24(33)31-14-12-30(13-15-31)22-9-11-27-17-21(22)29-23(32)20-8-4-7-19(28-20)18-6-5-10-26-16-18/h4-11,16-17H,12-15H2,1-3H3,(H,29,32). The van der Waals surface area contributed by atoms with Gasteiger partial charge in [0.25, 0.3) is 5.91 Å². The van der Waals surface area contributed by atoms with Crippen molar-refractivity contribution in [3.8, 4) is 11.3 Å². The second-order valence-electron chi connectivity index (χ2n) is 8.95. The van der Waals surface area contributed by atoms with Crippen LogP contribution in [0.5, 0.6) is 0 Å². The number of aromatic nitrogens is 3. The van der Waals surface area contributed by atoms with E-state index in [1.807, 2.05) is 45.0 Å². The zero-order chi connectivity index (χ0) is 24.1. The third-order valence-electron chi connectivity index (χ3n) is 5.26. The Morgan fingerprint density at radius 2 is 1.71 bits per heavy atom. The minimum absolute atomic E-state index is 0.297. The van der Waals surface area contributed by atoms with Crippen LogP contribution >= 0.6 is 0 Å². The van der Waals surface area contributed by atoms with Gasteiger partial charge in [-0.25, -0.2) is 9.78 Å². The third kappa shape index (κ3) is 5.67. The van der Waals surface area contributed by atoms with E-state index < -0.39 is 5.60 Å². The maximum atomic E-state index is 13.0. The maximum absolute atomic E-state index is 13.0. The monoisotopic (exact) mass is 460 g/mol. The first-order chi connectivity index (χ1) is 16.3. The highest BCUT2D eigenvalue weighted by Gasteiger charge is 2.27. The molecule has 0 atom stereocenters. The van der Waals surface area contributed by atoms with E-state index in [2.05, 4.69) is 25.2 Å². The van der Waals surface area contributed by atoms with Crippen LogP contribution in [-0.2, 0) is 4.74 Å². The molecule has 176 valence electrons. The number of nitrogens with one attached hydrogen (secondary N) is 1. The van der Waals surface area contributed by atoms with Crippen molar-refractivity contribution in [2.75, 3.05) is 36.4 Å². The van der Waals surface area contributed by atoms with Gasteiger partial charge in [-0.2, -0.15) is 0 Å². The Hall–Kier alpha value is -4.01. The zero-order valence-electron chi connectivity index (χ0n) is 19.6. The number of rotatable bonds is 4. The van der Waals surface area contributed by atoms with E-state index in [4.69, 9.17) is 4.74 Å². The van der Waals surface area contributed by atoms with E-state index in [-0.39, 0.29) is 12.0 Å². The molecule has 9 heteroatoms. The molecule has 1 N–H and O–H groups in total. The van der Waals surface area contributed by atoms with Gasteiger partial charge in [0.05, 0.1) is 23.3 Å². The molecule has 3 aromatic rings. The Morgan fingerprint density at radius 3 is 2.41 bits per heavy atom. The van der Waals surface area contributed by atoms with Crippen LogP contribution in [0.4, 0.5) is 16.2 Å². The summed E-state index contributed by atoms with van der Waals surface area (Å²) in [7, 11) is 0. The average Bonchev–Trinajstić information content (AvgIpc) is 2.84. The highest BCUT2D eigenvalue weighted by atomic mass is 16.6. The van der Waals surface area contributed by atoms with Gasteiger partial charge in [0.15, 0.2) is 0 Å². The number of ether oxygens (including phenoxy) is 1. The molecular weight excluding hydrogens is 432 g/mol. The number of carbonyl (C=O) groups is 2. The number of nitrogens with zero attached hydrogens (tertiary/aromatic N) is 5. The van der Waals surface area contributed by atoms with Crippen molar-refractivity contribution in [3.05, 3.63) is 66.9 Å². The summed E-state index contributed by atoms with van der Waals surface area (Å²) in [6.45, 7) is 7.84. The molecule has 0 radical (unpaired) electrons. The molecule has 34 heavy (non-hydrogen) atoms. The quantitative estimate of drug-likeness (QED) is 0.631. The van der Waals surface area contributed by atoms with Crippen LogP contribution in [0.3, 0.4) is 0 Å². The molecular formula is C25H28N6O3. The molecule has 0 aromatic carbocycles. The summed E-state index contributed by atoms with van der Waals surface area (Å²) in [5, 5.41) is 2.94. The fourth-order valence-electron chi connectivity index (χ4n) is 3.64. The highest BCUT2D eigenvalue weighted by molar-refractivity contribution is 6.04. The number of anilines is 2. The normalized spacial score (nSPS) is 14.0. The summed E-state index contributed by atoms with van der Waals surface area (Å²) >= 11 is 0. The van der Waals surface area contributed by atoms with Gasteiger partial charge in [-0.05, 0) is 51.1 Å². The van der Waals surface area contributed by atoms with E-state index >= 15 is 0 Å². The minimum Gasteiger partial charge on any atom is -0.444 e. The Labute approximate surface area is 198 Å². The SMILES string of the molecule is CC(C)(C)OC(=O)N1CCN(c2ccncc2NC(=O)c2cccc(-c3cccnc3)n2)CC1. The predicted octanol–water partition coefficient (Wildman–Crippen LogP) is 3.85. The first kappa shape index (κ1) is 23.2. The number of amides is 2. The van der Waals surface area contributed by atoms with E-state index in [1.165, 1.54) is 0 Å². The molecule has 1 fully saturated rings. The first-order valence-corrected chi connectivity index (χ1v) is 11.2. The van der Waals surface area contributed by atoms with Crippen molar-refractivity contribution in [1.29, 1.82) is 0 Å². The third-order valence-corrected chi connectivity index (χ3v) is 5.26. The number of piperazine rings is 1. The lowest BCUT2D eigenvalue weighted by molar-refractivity contribution is 0.0240. The van der Waals surface area contributed by atoms with Gasteiger partial charge in [0, 0.05) is 50.3 Å². The van der Waals surface area contributed by atoms with Crippen molar-refractivity contribution < 1.29 is 14.3 Å². The Kier molecular flexibility index (Phi) is 6.72. The van der Waals surface area contributed by atoms with Crippen molar-refractivity contribution in [2.24, 2.45) is 0 Å². The van der Waals surface area contributed by atoms with Crippen LogP contribution in [0.25, 0.3) is 11.3 Å². The Morgan fingerprint density at radius 1 is 0.941 bits per heavy atom. The summed E-state index contributed by atoms with van der Waals surface area (Å²) in [4.78, 5) is 42.0. The van der Waals surface area contributed by atoms with E-state index in [9.17, 15) is 9.59 Å². The van der Waals surface area contributed by atoms with E-state index in [0.29, 0.717) is 43.3 Å². The minimum atomic E-state index is -0.529. The van der Waals surface area contributed by atoms with Crippen molar-refractivity contribution in [1.82, 2.24) is 19.9 Å². The van der Waals surface area contributed by atoms with E-state index in [0.717, 1.165) is 11.3 Å². The van der Waals surface area contributed by atoms with Crippen LogP contribution in [-0.4, -0.2) is 63.6 Å². The highest BCUT2D eigenvalue weighted by Crippen LogP contribution is 2.27. The van der Waals surface area contributed by atoms with Gasteiger partial charge >= 0.3 is 6.09 Å². The van der Waals surface area contributed by atoms with Crippen molar-refractivity contribution in [3.63, 3.8) is 0 Å². The van der Waals surface area contributed by atoms with Gasteiger partial charge < -0.3 is 19.9 Å². The molecule has 1 aliphatic rings. The fraction of sp³-hybridized carbons (Fsp3) is 0.320. The Balaban J connectivity index is 1.45. The molecule has 4 heterocycles. The molecule has 9 nitrogen and oxygen atoms in total. The summed E-state index contributed by atoms with van der Waals surface area (Å²) in [6, 6.07) is 10.9. The average molecular weight is 461 g/mol. The van der Waals surface area contributed by atoms with Crippen LogP contribution < -0.4 is 10.2 Å². The molecule has 0 spiro atoms. The van der Waals surface area contributed by atoms with Crippen molar-refractivity contribution >= 4 is 23.4 Å². The molecule has 0 bridgehead atoms. The van der Waals surface area contributed by atoms with Gasteiger partial charge in [0.2, 0.25) is 0 Å². The predicted molar refractivity (Wildman–Crippen MR) is 130 cm³/mol. The lowest BCUT2D eigenvalue weighted by atomic mass is 10.2. The molecule has 4 rings (SSSR count). The maximum Gasteiger partial charge on any atom is 0.410 e. The van der Waals surface area contributed by atoms with Gasteiger partial charge in [-0.1, -0.05) is 6.07 Å². The summed E-state index contributed by atoms with van der Waals surface area (Å²) in [5.74, 6) is -0.326. The van der Waals surface area contributed by atoms with Gasteiger partial charge in [0.1, 0.15) is 11.3 Å². The first-order valence-electron chi connectivity index (χ1n) is 11.2. The van der Waals surface area contributed by atoms with Crippen molar-refractivity contribution in [2.45, 2.75) is 26.4 Å². The molecule has 3 aromatic heterocycles. The molecule has 0 saturated carbocycles. The van der Waals surface area contributed by atoms with Crippen LogP contribution in [0.2, 0.25) is 0 Å². The number of carbonyl (C=O) groups excluding carboxylic acids is 2. The van der Waals surface area contributed by atoms with Crippen LogP contribution in [0.15, 0.2) is 61.2 Å². The molecule has 1 aliphatic heterocycles.